The van der Waals surface area contributed by atoms with E-state index in [0.29, 0.717) is 12.3 Å². The zero-order chi connectivity index (χ0) is 15.8. The molecule has 0 bridgehead atoms. The number of carbonyl (C=O) groups excluding carboxylic acids is 1. The van der Waals surface area contributed by atoms with Crippen LogP contribution in [0.25, 0.3) is 0 Å². The van der Waals surface area contributed by atoms with Gasteiger partial charge in [0.05, 0.1) is 26.5 Å². The number of carbonyl (C=O) groups is 1. The predicted octanol–water partition coefficient (Wildman–Crippen LogP) is 2.43. The van der Waals surface area contributed by atoms with Crippen molar-refractivity contribution in [3.63, 3.8) is 0 Å². The first kappa shape index (κ1) is 15.7. The number of methoxy groups -OCH3 is 2. The number of benzene rings is 2. The number of ether oxygens (including phenoxy) is 2. The summed E-state index contributed by atoms with van der Waals surface area (Å²) in [6, 6.07) is 15.1. The van der Waals surface area contributed by atoms with Gasteiger partial charge in [0.1, 0.15) is 11.5 Å². The Morgan fingerprint density at radius 2 is 1.86 bits per heavy atom. The van der Waals surface area contributed by atoms with Crippen LogP contribution >= 0.6 is 0 Å². The standard InChI is InChI=1S/C17H20N2O3/c1-21-14-7-5-6-13(10-14)11-19-17(20)12-18-15-8-3-4-9-16(15)22-2/h3-10,18H,11-12H2,1-2H3,(H,19,20). The Balaban J connectivity index is 1.83. The summed E-state index contributed by atoms with van der Waals surface area (Å²) in [5.41, 5.74) is 1.78. The van der Waals surface area contributed by atoms with E-state index in [2.05, 4.69) is 10.6 Å². The van der Waals surface area contributed by atoms with Crippen LogP contribution in [0.4, 0.5) is 5.69 Å². The van der Waals surface area contributed by atoms with E-state index in [0.717, 1.165) is 17.0 Å². The molecule has 116 valence electrons. The molecule has 2 aromatic carbocycles. The van der Waals surface area contributed by atoms with Crippen LogP contribution < -0.4 is 20.1 Å². The second-order valence-electron chi connectivity index (χ2n) is 4.68. The molecule has 0 spiro atoms. The molecule has 0 saturated carbocycles. The van der Waals surface area contributed by atoms with Crippen LogP contribution in [-0.2, 0) is 11.3 Å². The quantitative estimate of drug-likeness (QED) is 0.824. The Morgan fingerprint density at radius 3 is 2.64 bits per heavy atom. The van der Waals surface area contributed by atoms with E-state index in [1.807, 2.05) is 48.5 Å². The highest BCUT2D eigenvalue weighted by atomic mass is 16.5. The molecule has 0 heterocycles. The van der Waals surface area contributed by atoms with Crippen molar-refractivity contribution in [2.75, 3.05) is 26.1 Å². The van der Waals surface area contributed by atoms with Crippen LogP contribution in [-0.4, -0.2) is 26.7 Å². The topological polar surface area (TPSA) is 59.6 Å². The first-order chi connectivity index (χ1) is 10.7. The smallest absolute Gasteiger partial charge is 0.239 e. The fourth-order valence-electron chi connectivity index (χ4n) is 2.01. The molecule has 0 radical (unpaired) electrons. The highest BCUT2D eigenvalue weighted by molar-refractivity contribution is 5.81. The molecule has 0 atom stereocenters. The number of nitrogens with one attached hydrogen (secondary N) is 2. The van der Waals surface area contributed by atoms with Crippen LogP contribution in [0, 0.1) is 0 Å². The number of hydrogen-bond donors (Lipinski definition) is 2. The van der Waals surface area contributed by atoms with Crippen molar-refractivity contribution in [3.05, 3.63) is 54.1 Å². The van der Waals surface area contributed by atoms with Crippen molar-refractivity contribution in [3.8, 4) is 11.5 Å². The Bertz CT molecular complexity index is 629. The fraction of sp³-hybridized carbons (Fsp3) is 0.235. The molecule has 0 saturated heterocycles. The Morgan fingerprint density at radius 1 is 1.05 bits per heavy atom. The zero-order valence-corrected chi connectivity index (χ0v) is 12.8. The van der Waals surface area contributed by atoms with Gasteiger partial charge >= 0.3 is 0 Å². The summed E-state index contributed by atoms with van der Waals surface area (Å²) in [6.07, 6.45) is 0. The first-order valence-electron chi connectivity index (χ1n) is 6.99. The third kappa shape index (κ3) is 4.41. The van der Waals surface area contributed by atoms with Crippen molar-refractivity contribution < 1.29 is 14.3 Å². The van der Waals surface area contributed by atoms with Crippen molar-refractivity contribution in [2.45, 2.75) is 6.54 Å². The van der Waals surface area contributed by atoms with Gasteiger partial charge < -0.3 is 20.1 Å². The largest absolute Gasteiger partial charge is 0.497 e. The van der Waals surface area contributed by atoms with Crippen LogP contribution in [0.5, 0.6) is 11.5 Å². The minimum atomic E-state index is -0.0891. The number of para-hydroxylation sites is 2. The number of anilines is 1. The summed E-state index contributed by atoms with van der Waals surface area (Å²) in [6.45, 7) is 0.647. The van der Waals surface area contributed by atoms with E-state index < -0.39 is 0 Å². The van der Waals surface area contributed by atoms with Crippen molar-refractivity contribution in [1.82, 2.24) is 5.32 Å². The zero-order valence-electron chi connectivity index (χ0n) is 12.8. The normalized spacial score (nSPS) is 9.91. The van der Waals surface area contributed by atoms with E-state index in [4.69, 9.17) is 9.47 Å². The molecular weight excluding hydrogens is 280 g/mol. The molecule has 1 amide bonds. The molecule has 0 aliphatic carbocycles. The molecule has 2 N–H and O–H groups in total. The molecule has 5 heteroatoms. The average Bonchev–Trinajstić information content (AvgIpc) is 2.58. The lowest BCUT2D eigenvalue weighted by molar-refractivity contribution is -0.119. The maximum Gasteiger partial charge on any atom is 0.239 e. The summed E-state index contributed by atoms with van der Waals surface area (Å²) in [5.74, 6) is 1.40. The number of hydrogen-bond acceptors (Lipinski definition) is 4. The average molecular weight is 300 g/mol. The highest BCUT2D eigenvalue weighted by Crippen LogP contribution is 2.22. The molecular formula is C17H20N2O3. The highest BCUT2D eigenvalue weighted by Gasteiger charge is 2.05. The van der Waals surface area contributed by atoms with E-state index in [-0.39, 0.29) is 12.5 Å². The molecule has 2 rings (SSSR count). The lowest BCUT2D eigenvalue weighted by atomic mass is 10.2. The minimum Gasteiger partial charge on any atom is -0.497 e. The van der Waals surface area contributed by atoms with Gasteiger partial charge in [-0.1, -0.05) is 24.3 Å². The Labute approximate surface area is 130 Å². The Kier molecular flexibility index (Phi) is 5.65. The van der Waals surface area contributed by atoms with Gasteiger partial charge in [-0.05, 0) is 29.8 Å². The monoisotopic (exact) mass is 300 g/mol. The third-order valence-electron chi connectivity index (χ3n) is 3.17. The second-order valence-corrected chi connectivity index (χ2v) is 4.68. The summed E-state index contributed by atoms with van der Waals surface area (Å²) >= 11 is 0. The lowest BCUT2D eigenvalue weighted by Gasteiger charge is -2.11. The van der Waals surface area contributed by atoms with Gasteiger partial charge in [0.2, 0.25) is 5.91 Å². The summed E-state index contributed by atoms with van der Waals surface area (Å²) in [4.78, 5) is 11.9. The van der Waals surface area contributed by atoms with Crippen molar-refractivity contribution >= 4 is 11.6 Å². The van der Waals surface area contributed by atoms with Crippen molar-refractivity contribution in [1.29, 1.82) is 0 Å². The van der Waals surface area contributed by atoms with E-state index in [1.54, 1.807) is 14.2 Å². The summed E-state index contributed by atoms with van der Waals surface area (Å²) < 4.78 is 10.4. The number of amides is 1. The summed E-state index contributed by atoms with van der Waals surface area (Å²) in [7, 11) is 3.22. The molecule has 22 heavy (non-hydrogen) atoms. The van der Waals surface area contributed by atoms with E-state index in [9.17, 15) is 4.79 Å². The van der Waals surface area contributed by atoms with Gasteiger partial charge in [-0.15, -0.1) is 0 Å². The minimum absolute atomic E-state index is 0.0891. The molecule has 0 fully saturated rings. The lowest BCUT2D eigenvalue weighted by Crippen LogP contribution is -2.29. The SMILES string of the molecule is COc1cccc(CNC(=O)CNc2ccccc2OC)c1. The van der Waals surface area contributed by atoms with Gasteiger partial charge in [0, 0.05) is 6.54 Å². The van der Waals surface area contributed by atoms with Crippen LogP contribution in [0.2, 0.25) is 0 Å². The van der Waals surface area contributed by atoms with Crippen molar-refractivity contribution in [2.24, 2.45) is 0 Å². The maximum atomic E-state index is 11.9. The van der Waals surface area contributed by atoms with Gasteiger partial charge in [-0.3, -0.25) is 4.79 Å². The van der Waals surface area contributed by atoms with Gasteiger partial charge in [0.25, 0.3) is 0 Å². The molecule has 0 aromatic heterocycles. The third-order valence-corrected chi connectivity index (χ3v) is 3.17. The molecule has 5 nitrogen and oxygen atoms in total. The predicted molar refractivity (Wildman–Crippen MR) is 86.3 cm³/mol. The van der Waals surface area contributed by atoms with Crippen LogP contribution in [0.1, 0.15) is 5.56 Å². The molecule has 2 aromatic rings. The first-order valence-corrected chi connectivity index (χ1v) is 6.99. The maximum absolute atomic E-state index is 11.9. The fourth-order valence-corrected chi connectivity index (χ4v) is 2.01. The van der Waals surface area contributed by atoms with Crippen LogP contribution in [0.3, 0.4) is 0 Å². The second kappa shape index (κ2) is 7.93. The Hall–Kier alpha value is -2.69. The van der Waals surface area contributed by atoms with E-state index >= 15 is 0 Å². The molecule has 0 aliphatic rings. The molecule has 0 aliphatic heterocycles. The van der Waals surface area contributed by atoms with Gasteiger partial charge in [-0.25, -0.2) is 0 Å². The van der Waals surface area contributed by atoms with E-state index in [1.165, 1.54) is 0 Å². The number of rotatable bonds is 7. The van der Waals surface area contributed by atoms with Crippen LogP contribution in [0.15, 0.2) is 48.5 Å². The molecule has 0 unspecified atom stereocenters. The van der Waals surface area contributed by atoms with Gasteiger partial charge in [0.15, 0.2) is 0 Å². The summed E-state index contributed by atoms with van der Waals surface area (Å²) in [5, 5.41) is 5.92. The van der Waals surface area contributed by atoms with Gasteiger partial charge in [-0.2, -0.15) is 0 Å².